The maximum absolute atomic E-state index is 12.4. The number of hydrogen-bond acceptors (Lipinski definition) is 4. The van der Waals surface area contributed by atoms with E-state index >= 15 is 0 Å². The normalized spacial score (nSPS) is 10.3. The van der Waals surface area contributed by atoms with Crippen LogP contribution in [0.15, 0.2) is 77.3 Å². The van der Waals surface area contributed by atoms with E-state index < -0.39 is 5.97 Å². The van der Waals surface area contributed by atoms with Gasteiger partial charge in [0.25, 0.3) is 0 Å². The van der Waals surface area contributed by atoms with Gasteiger partial charge in [0.15, 0.2) is 12.4 Å². The zero-order valence-electron chi connectivity index (χ0n) is 14.6. The van der Waals surface area contributed by atoms with E-state index in [1.807, 2.05) is 31.2 Å². The third kappa shape index (κ3) is 5.28. The van der Waals surface area contributed by atoms with Crippen LogP contribution < -0.4 is 9.47 Å². The highest BCUT2D eigenvalue weighted by Crippen LogP contribution is 2.18. The van der Waals surface area contributed by atoms with E-state index in [9.17, 15) is 9.59 Å². The standard InChI is InChI=1S/C22H17BrO4/c1-15-2-4-16(5-3-15)22(25)17-6-10-20(11-7-17)27-21(24)14-26-19-12-8-18(23)9-13-19/h2-13H,14H2,1H3. The van der Waals surface area contributed by atoms with Crippen molar-refractivity contribution in [3.63, 3.8) is 0 Å². The van der Waals surface area contributed by atoms with Gasteiger partial charge in [-0.1, -0.05) is 45.8 Å². The van der Waals surface area contributed by atoms with Crippen LogP contribution in [0.1, 0.15) is 21.5 Å². The Balaban J connectivity index is 1.56. The van der Waals surface area contributed by atoms with Crippen molar-refractivity contribution < 1.29 is 19.1 Å². The summed E-state index contributed by atoms with van der Waals surface area (Å²) < 4.78 is 11.5. The summed E-state index contributed by atoms with van der Waals surface area (Å²) in [5, 5.41) is 0. The summed E-state index contributed by atoms with van der Waals surface area (Å²) in [7, 11) is 0. The van der Waals surface area contributed by atoms with Gasteiger partial charge in [-0.2, -0.15) is 0 Å². The Kier molecular flexibility index (Phi) is 6.04. The quantitative estimate of drug-likeness (QED) is 0.318. The first-order chi connectivity index (χ1) is 13.0. The summed E-state index contributed by atoms with van der Waals surface area (Å²) in [6.07, 6.45) is 0. The first-order valence-electron chi connectivity index (χ1n) is 8.32. The van der Waals surface area contributed by atoms with Crippen molar-refractivity contribution in [1.82, 2.24) is 0 Å². The molecule has 0 aliphatic heterocycles. The molecular formula is C22H17BrO4. The van der Waals surface area contributed by atoms with Gasteiger partial charge in [0.1, 0.15) is 11.5 Å². The second-order valence-corrected chi connectivity index (χ2v) is 6.85. The molecular weight excluding hydrogens is 408 g/mol. The molecule has 0 heterocycles. The van der Waals surface area contributed by atoms with Crippen LogP contribution in [0.4, 0.5) is 0 Å². The van der Waals surface area contributed by atoms with Crippen molar-refractivity contribution in [1.29, 1.82) is 0 Å². The molecule has 136 valence electrons. The summed E-state index contributed by atoms with van der Waals surface area (Å²) in [5.41, 5.74) is 2.25. The third-order valence-corrected chi connectivity index (χ3v) is 4.36. The van der Waals surface area contributed by atoms with Crippen molar-refractivity contribution >= 4 is 27.7 Å². The molecule has 0 aliphatic rings. The minimum Gasteiger partial charge on any atom is -0.482 e. The van der Waals surface area contributed by atoms with Crippen LogP contribution in [0.2, 0.25) is 0 Å². The van der Waals surface area contributed by atoms with Crippen molar-refractivity contribution in [3.8, 4) is 11.5 Å². The smallest absolute Gasteiger partial charge is 0.349 e. The van der Waals surface area contributed by atoms with Gasteiger partial charge in [0, 0.05) is 15.6 Å². The lowest BCUT2D eigenvalue weighted by Gasteiger charge is -2.07. The monoisotopic (exact) mass is 424 g/mol. The zero-order valence-corrected chi connectivity index (χ0v) is 16.2. The van der Waals surface area contributed by atoms with Gasteiger partial charge in [-0.3, -0.25) is 4.79 Å². The molecule has 27 heavy (non-hydrogen) atoms. The van der Waals surface area contributed by atoms with Crippen LogP contribution in [-0.2, 0) is 4.79 Å². The molecule has 3 aromatic rings. The minimum absolute atomic E-state index is 0.0774. The van der Waals surface area contributed by atoms with Gasteiger partial charge in [-0.15, -0.1) is 0 Å². The van der Waals surface area contributed by atoms with E-state index in [1.54, 1.807) is 48.5 Å². The fraction of sp³-hybridized carbons (Fsp3) is 0.0909. The molecule has 0 fully saturated rings. The number of carbonyl (C=O) groups excluding carboxylic acids is 2. The topological polar surface area (TPSA) is 52.6 Å². The Labute approximate surface area is 165 Å². The molecule has 0 aromatic heterocycles. The number of aryl methyl sites for hydroxylation is 1. The Morgan fingerprint density at radius 2 is 1.30 bits per heavy atom. The van der Waals surface area contributed by atoms with E-state index in [0.29, 0.717) is 22.6 Å². The van der Waals surface area contributed by atoms with Crippen LogP contribution in [0.3, 0.4) is 0 Å². The predicted octanol–water partition coefficient (Wildman–Crippen LogP) is 4.97. The molecule has 0 aliphatic carbocycles. The molecule has 5 heteroatoms. The molecule has 0 radical (unpaired) electrons. The lowest BCUT2D eigenvalue weighted by Crippen LogP contribution is -2.17. The summed E-state index contributed by atoms with van der Waals surface area (Å²) in [4.78, 5) is 24.3. The Morgan fingerprint density at radius 1 is 0.778 bits per heavy atom. The van der Waals surface area contributed by atoms with E-state index in [-0.39, 0.29) is 12.4 Å². The first kappa shape index (κ1) is 18.9. The molecule has 0 spiro atoms. The average Bonchev–Trinajstić information content (AvgIpc) is 2.68. The first-order valence-corrected chi connectivity index (χ1v) is 9.11. The van der Waals surface area contributed by atoms with E-state index in [4.69, 9.17) is 9.47 Å². The average molecular weight is 425 g/mol. The lowest BCUT2D eigenvalue weighted by atomic mass is 10.0. The number of halogens is 1. The van der Waals surface area contributed by atoms with Gasteiger partial charge in [0.2, 0.25) is 0 Å². The van der Waals surface area contributed by atoms with Gasteiger partial charge in [-0.05, 0) is 55.5 Å². The second-order valence-electron chi connectivity index (χ2n) is 5.94. The molecule has 0 saturated carbocycles. The van der Waals surface area contributed by atoms with Crippen molar-refractivity contribution in [2.75, 3.05) is 6.61 Å². The summed E-state index contributed by atoms with van der Waals surface area (Å²) in [6.45, 7) is 1.77. The predicted molar refractivity (Wildman–Crippen MR) is 106 cm³/mol. The Hall–Kier alpha value is -2.92. The number of ether oxygens (including phenoxy) is 2. The van der Waals surface area contributed by atoms with Crippen molar-refractivity contribution in [2.45, 2.75) is 6.92 Å². The number of esters is 1. The molecule has 3 rings (SSSR count). The van der Waals surface area contributed by atoms with Crippen molar-refractivity contribution in [3.05, 3.63) is 94.0 Å². The molecule has 3 aromatic carbocycles. The van der Waals surface area contributed by atoms with Gasteiger partial charge in [-0.25, -0.2) is 4.79 Å². The molecule has 0 bridgehead atoms. The zero-order chi connectivity index (χ0) is 19.2. The fourth-order valence-corrected chi connectivity index (χ4v) is 2.64. The molecule has 0 saturated heterocycles. The van der Waals surface area contributed by atoms with Crippen molar-refractivity contribution in [2.24, 2.45) is 0 Å². The van der Waals surface area contributed by atoms with Gasteiger partial charge in [0.05, 0.1) is 0 Å². The summed E-state index contributed by atoms with van der Waals surface area (Å²) >= 11 is 3.33. The summed E-state index contributed by atoms with van der Waals surface area (Å²) in [6, 6.07) is 21.0. The second kappa shape index (κ2) is 8.64. The van der Waals surface area contributed by atoms with Crippen LogP contribution in [0, 0.1) is 6.92 Å². The highest BCUT2D eigenvalue weighted by Gasteiger charge is 2.10. The highest BCUT2D eigenvalue weighted by atomic mass is 79.9. The fourth-order valence-electron chi connectivity index (χ4n) is 2.38. The largest absolute Gasteiger partial charge is 0.482 e. The van der Waals surface area contributed by atoms with Crippen LogP contribution in [-0.4, -0.2) is 18.4 Å². The van der Waals surface area contributed by atoms with Crippen LogP contribution >= 0.6 is 15.9 Å². The van der Waals surface area contributed by atoms with Crippen LogP contribution in [0.5, 0.6) is 11.5 Å². The lowest BCUT2D eigenvalue weighted by molar-refractivity contribution is -0.136. The van der Waals surface area contributed by atoms with E-state index in [2.05, 4.69) is 15.9 Å². The number of hydrogen-bond donors (Lipinski definition) is 0. The number of ketones is 1. The minimum atomic E-state index is -0.518. The third-order valence-electron chi connectivity index (χ3n) is 3.83. The molecule has 0 unspecified atom stereocenters. The molecule has 0 amide bonds. The summed E-state index contributed by atoms with van der Waals surface area (Å²) in [5.74, 6) is 0.344. The van der Waals surface area contributed by atoms with E-state index in [0.717, 1.165) is 10.0 Å². The number of carbonyl (C=O) groups is 2. The Morgan fingerprint density at radius 3 is 1.89 bits per heavy atom. The molecule has 4 nitrogen and oxygen atoms in total. The van der Waals surface area contributed by atoms with Gasteiger partial charge >= 0.3 is 5.97 Å². The number of benzene rings is 3. The maximum atomic E-state index is 12.4. The van der Waals surface area contributed by atoms with Gasteiger partial charge < -0.3 is 9.47 Å². The number of rotatable bonds is 6. The highest BCUT2D eigenvalue weighted by molar-refractivity contribution is 9.10. The molecule has 0 atom stereocenters. The Bertz CT molecular complexity index is 930. The molecule has 0 N–H and O–H groups in total. The van der Waals surface area contributed by atoms with E-state index in [1.165, 1.54) is 0 Å². The maximum Gasteiger partial charge on any atom is 0.349 e. The van der Waals surface area contributed by atoms with Crippen LogP contribution in [0.25, 0.3) is 0 Å². The SMILES string of the molecule is Cc1ccc(C(=O)c2ccc(OC(=O)COc3ccc(Br)cc3)cc2)cc1.